The predicted octanol–water partition coefficient (Wildman–Crippen LogP) is 2.81. The molecule has 128 valence electrons. The van der Waals surface area contributed by atoms with Crippen LogP contribution in [0.5, 0.6) is 11.5 Å². The Morgan fingerprint density at radius 3 is 2.64 bits per heavy atom. The van der Waals surface area contributed by atoms with Gasteiger partial charge in [0, 0.05) is 16.1 Å². The van der Waals surface area contributed by atoms with Gasteiger partial charge in [0.25, 0.3) is 5.91 Å². The van der Waals surface area contributed by atoms with Crippen LogP contribution in [0.2, 0.25) is 5.02 Å². The van der Waals surface area contributed by atoms with E-state index in [9.17, 15) is 4.79 Å². The van der Waals surface area contributed by atoms with Crippen LogP contribution in [0.15, 0.2) is 42.5 Å². The van der Waals surface area contributed by atoms with Gasteiger partial charge in [0.1, 0.15) is 23.8 Å². The molecule has 0 atom stereocenters. The lowest BCUT2D eigenvalue weighted by atomic mass is 10.1. The second-order valence-corrected chi connectivity index (χ2v) is 5.59. The molecule has 0 radical (unpaired) electrons. The van der Waals surface area contributed by atoms with Gasteiger partial charge in [-0.15, -0.1) is 0 Å². The molecule has 0 aliphatic heterocycles. The van der Waals surface area contributed by atoms with Gasteiger partial charge in [-0.05, 0) is 42.5 Å². The number of rotatable bonds is 6. The van der Waals surface area contributed by atoms with Crippen molar-refractivity contribution in [1.29, 1.82) is 0 Å². The number of benzene rings is 2. The number of methoxy groups -OCH3 is 1. The fraction of sp³-hybridized carbons (Fsp3) is 0.118. The summed E-state index contributed by atoms with van der Waals surface area (Å²) >= 11 is 5.87. The second kappa shape index (κ2) is 7.23. The highest BCUT2D eigenvalue weighted by Gasteiger charge is 2.17. The smallest absolute Gasteiger partial charge is 0.271 e. The molecule has 1 heterocycles. The van der Waals surface area contributed by atoms with Gasteiger partial charge in [-0.1, -0.05) is 11.6 Å². The van der Waals surface area contributed by atoms with Gasteiger partial charge in [-0.3, -0.25) is 4.79 Å². The van der Waals surface area contributed by atoms with Crippen LogP contribution in [0.3, 0.4) is 0 Å². The van der Waals surface area contributed by atoms with Gasteiger partial charge in [-0.2, -0.15) is 15.4 Å². The zero-order chi connectivity index (χ0) is 17.8. The van der Waals surface area contributed by atoms with E-state index in [0.717, 1.165) is 5.56 Å². The number of halogens is 1. The molecule has 0 fully saturated rings. The minimum atomic E-state index is -0.654. The Hall–Kier alpha value is -3.06. The summed E-state index contributed by atoms with van der Waals surface area (Å²) in [5, 5.41) is 10.8. The zero-order valence-electron chi connectivity index (χ0n) is 13.3. The largest absolute Gasteiger partial charge is 0.496 e. The Balaban J connectivity index is 1.88. The van der Waals surface area contributed by atoms with Crippen LogP contribution in [-0.4, -0.2) is 28.4 Å². The number of nitrogens with zero attached hydrogens (tertiary/aromatic N) is 2. The number of carbonyl (C=O) groups is 1. The minimum Gasteiger partial charge on any atom is -0.496 e. The van der Waals surface area contributed by atoms with Crippen molar-refractivity contribution in [3.8, 4) is 22.8 Å². The van der Waals surface area contributed by atoms with Gasteiger partial charge in [0.2, 0.25) is 0 Å². The highest BCUT2D eigenvalue weighted by Crippen LogP contribution is 2.28. The standard InChI is InChI=1S/C17H15ClN4O3/c1-24-14-7-2-10(15-16(17(19)23)21-22-20-15)8-11(14)9-25-13-5-3-12(18)4-6-13/h2-8H,9H2,1H3,(H2,19,23)(H,20,21,22). The van der Waals surface area contributed by atoms with Gasteiger partial charge in [-0.25, -0.2) is 0 Å². The fourth-order valence-corrected chi connectivity index (χ4v) is 2.46. The fourth-order valence-electron chi connectivity index (χ4n) is 2.33. The van der Waals surface area contributed by atoms with Crippen LogP contribution >= 0.6 is 11.6 Å². The number of primary amides is 1. The Labute approximate surface area is 148 Å². The first kappa shape index (κ1) is 16.8. The molecule has 0 spiro atoms. The molecule has 0 unspecified atom stereocenters. The lowest BCUT2D eigenvalue weighted by Gasteiger charge is -2.12. The van der Waals surface area contributed by atoms with E-state index in [4.69, 9.17) is 26.8 Å². The van der Waals surface area contributed by atoms with Crippen molar-refractivity contribution in [3.05, 3.63) is 58.7 Å². The molecule has 7 nitrogen and oxygen atoms in total. The van der Waals surface area contributed by atoms with E-state index in [1.165, 1.54) is 0 Å². The molecule has 8 heteroatoms. The van der Waals surface area contributed by atoms with Crippen molar-refractivity contribution in [1.82, 2.24) is 15.4 Å². The van der Waals surface area contributed by atoms with Crippen molar-refractivity contribution >= 4 is 17.5 Å². The monoisotopic (exact) mass is 358 g/mol. The lowest BCUT2D eigenvalue weighted by Crippen LogP contribution is -2.12. The number of aromatic nitrogens is 3. The molecule has 0 saturated heterocycles. The van der Waals surface area contributed by atoms with Crippen LogP contribution in [0.25, 0.3) is 11.3 Å². The highest BCUT2D eigenvalue weighted by atomic mass is 35.5. The number of hydrogen-bond donors (Lipinski definition) is 2. The van der Waals surface area contributed by atoms with E-state index in [1.54, 1.807) is 43.5 Å². The number of hydrogen-bond acceptors (Lipinski definition) is 5. The number of carbonyl (C=O) groups excluding carboxylic acids is 1. The summed E-state index contributed by atoms with van der Waals surface area (Å²) in [6, 6.07) is 12.4. The van der Waals surface area contributed by atoms with E-state index < -0.39 is 5.91 Å². The minimum absolute atomic E-state index is 0.0785. The van der Waals surface area contributed by atoms with Crippen molar-refractivity contribution in [2.24, 2.45) is 5.73 Å². The molecule has 0 aliphatic rings. The van der Waals surface area contributed by atoms with Crippen molar-refractivity contribution < 1.29 is 14.3 Å². The summed E-state index contributed by atoms with van der Waals surface area (Å²) in [6.45, 7) is 0.266. The van der Waals surface area contributed by atoms with Gasteiger partial charge in [0.05, 0.1) is 7.11 Å². The molecule has 0 saturated carbocycles. The van der Waals surface area contributed by atoms with Crippen LogP contribution in [-0.2, 0) is 6.61 Å². The number of aromatic amines is 1. The lowest BCUT2D eigenvalue weighted by molar-refractivity contribution is 0.0996. The van der Waals surface area contributed by atoms with Crippen LogP contribution in [0.1, 0.15) is 16.1 Å². The summed E-state index contributed by atoms with van der Waals surface area (Å²) < 4.78 is 11.1. The first-order valence-corrected chi connectivity index (χ1v) is 7.72. The summed E-state index contributed by atoms with van der Waals surface area (Å²) in [4.78, 5) is 11.4. The maximum atomic E-state index is 11.4. The molecular formula is C17H15ClN4O3. The van der Waals surface area contributed by atoms with Crippen molar-refractivity contribution in [2.75, 3.05) is 7.11 Å². The molecule has 0 bridgehead atoms. The first-order valence-electron chi connectivity index (χ1n) is 7.34. The highest BCUT2D eigenvalue weighted by molar-refractivity contribution is 6.30. The SMILES string of the molecule is COc1ccc(-c2n[nH]nc2C(N)=O)cc1COc1ccc(Cl)cc1. The van der Waals surface area contributed by atoms with E-state index in [-0.39, 0.29) is 12.3 Å². The molecular weight excluding hydrogens is 344 g/mol. The molecule has 1 amide bonds. The van der Waals surface area contributed by atoms with E-state index in [1.807, 2.05) is 6.07 Å². The normalized spacial score (nSPS) is 10.5. The molecule has 0 aliphatic carbocycles. The third-order valence-electron chi connectivity index (χ3n) is 3.54. The molecule has 3 N–H and O–H groups in total. The van der Waals surface area contributed by atoms with Crippen molar-refractivity contribution in [3.63, 3.8) is 0 Å². The predicted molar refractivity (Wildman–Crippen MR) is 92.7 cm³/mol. The zero-order valence-corrected chi connectivity index (χ0v) is 14.1. The summed E-state index contributed by atoms with van der Waals surface area (Å²) in [7, 11) is 1.58. The number of nitrogens with two attached hydrogens (primary N) is 1. The second-order valence-electron chi connectivity index (χ2n) is 5.15. The summed E-state index contributed by atoms with van der Waals surface area (Å²) in [5.74, 6) is 0.677. The maximum absolute atomic E-state index is 11.4. The van der Waals surface area contributed by atoms with E-state index in [2.05, 4.69) is 15.4 Å². The first-order chi connectivity index (χ1) is 12.1. The molecule has 25 heavy (non-hydrogen) atoms. The summed E-state index contributed by atoms with van der Waals surface area (Å²) in [6.07, 6.45) is 0. The Bertz CT molecular complexity index is 893. The van der Waals surface area contributed by atoms with Crippen LogP contribution < -0.4 is 15.2 Å². The quantitative estimate of drug-likeness (QED) is 0.705. The Morgan fingerprint density at radius 2 is 1.96 bits per heavy atom. The number of nitrogens with one attached hydrogen (secondary N) is 1. The topological polar surface area (TPSA) is 103 Å². The number of H-pyrrole nitrogens is 1. The van der Waals surface area contributed by atoms with Crippen LogP contribution in [0, 0.1) is 0 Å². The van der Waals surface area contributed by atoms with E-state index in [0.29, 0.717) is 27.8 Å². The summed E-state index contributed by atoms with van der Waals surface area (Å²) in [5.41, 5.74) is 7.24. The van der Waals surface area contributed by atoms with Crippen molar-refractivity contribution in [2.45, 2.75) is 6.61 Å². The molecule has 3 aromatic rings. The Morgan fingerprint density at radius 1 is 1.20 bits per heavy atom. The number of ether oxygens (including phenoxy) is 2. The van der Waals surface area contributed by atoms with Gasteiger partial charge < -0.3 is 15.2 Å². The third kappa shape index (κ3) is 3.72. The Kier molecular flexibility index (Phi) is 4.85. The third-order valence-corrected chi connectivity index (χ3v) is 3.80. The average molecular weight is 359 g/mol. The van der Waals surface area contributed by atoms with Gasteiger partial charge in [0.15, 0.2) is 5.69 Å². The van der Waals surface area contributed by atoms with Gasteiger partial charge >= 0.3 is 0 Å². The molecule has 1 aromatic heterocycles. The average Bonchev–Trinajstić information content (AvgIpc) is 3.11. The maximum Gasteiger partial charge on any atom is 0.271 e. The molecule has 3 rings (SSSR count). The van der Waals surface area contributed by atoms with Crippen LogP contribution in [0.4, 0.5) is 0 Å². The number of amides is 1. The molecule has 2 aromatic carbocycles. The van der Waals surface area contributed by atoms with E-state index >= 15 is 0 Å².